The van der Waals surface area contributed by atoms with E-state index < -0.39 is 6.55 Å². The molecule has 0 aliphatic carbocycles. The third kappa shape index (κ3) is 0.939. The highest BCUT2D eigenvalue weighted by Gasteiger charge is 2.09. The molecule has 62 valence electrons. The van der Waals surface area contributed by atoms with Crippen LogP contribution in [0.2, 0.25) is 0 Å². The molecule has 0 aliphatic rings. The molecule has 0 saturated heterocycles. The third-order valence-corrected chi connectivity index (χ3v) is 1.58. The maximum atomic E-state index is 12.2. The van der Waals surface area contributed by atoms with E-state index in [1.807, 2.05) is 0 Å². The highest BCUT2D eigenvalue weighted by Crippen LogP contribution is 2.17. The Bertz CT molecular complexity index is 396. The molecule has 0 fully saturated rings. The zero-order chi connectivity index (χ0) is 8.55. The van der Waals surface area contributed by atoms with Crippen LogP contribution in [0, 0.1) is 0 Å². The Labute approximate surface area is 66.6 Å². The Morgan fingerprint density at radius 3 is 2.92 bits per heavy atom. The van der Waals surface area contributed by atoms with Crippen LogP contribution in [0.5, 0.6) is 0 Å². The summed E-state index contributed by atoms with van der Waals surface area (Å²) in [5.74, 6) is 0. The number of nitrogens with zero attached hydrogens (tertiary/aromatic N) is 3. The minimum atomic E-state index is -2.59. The lowest BCUT2D eigenvalue weighted by Gasteiger charge is -1.98. The van der Waals surface area contributed by atoms with Crippen LogP contribution in [0.4, 0.5) is 8.78 Å². The van der Waals surface area contributed by atoms with E-state index in [1.165, 1.54) is 24.7 Å². The standard InChI is InChI=1S/C7H5F2N3/c8-7(9)12-6-1-2-10-3-5(6)4-11-12/h1-4,7H. The van der Waals surface area contributed by atoms with Gasteiger partial charge in [-0.3, -0.25) is 4.98 Å². The zero-order valence-electron chi connectivity index (χ0n) is 5.98. The Hall–Kier alpha value is -1.52. The summed E-state index contributed by atoms with van der Waals surface area (Å²) in [4.78, 5) is 3.79. The second-order valence-electron chi connectivity index (χ2n) is 2.30. The van der Waals surface area contributed by atoms with E-state index in [9.17, 15) is 8.78 Å². The maximum Gasteiger partial charge on any atom is 0.333 e. The van der Waals surface area contributed by atoms with Crippen LogP contribution in [0.25, 0.3) is 10.9 Å². The first-order valence-corrected chi connectivity index (χ1v) is 3.34. The van der Waals surface area contributed by atoms with E-state index >= 15 is 0 Å². The summed E-state index contributed by atoms with van der Waals surface area (Å²) in [5.41, 5.74) is 0.403. The number of aromatic nitrogens is 3. The molecule has 0 bridgehead atoms. The third-order valence-electron chi connectivity index (χ3n) is 1.58. The Morgan fingerprint density at radius 1 is 1.33 bits per heavy atom. The van der Waals surface area contributed by atoms with E-state index in [4.69, 9.17) is 0 Å². The van der Waals surface area contributed by atoms with Crippen LogP contribution in [-0.4, -0.2) is 14.8 Å². The van der Waals surface area contributed by atoms with Crippen molar-refractivity contribution in [2.75, 3.05) is 0 Å². The molecular weight excluding hydrogens is 164 g/mol. The molecular formula is C7H5F2N3. The molecule has 12 heavy (non-hydrogen) atoms. The molecule has 0 aromatic carbocycles. The van der Waals surface area contributed by atoms with E-state index in [0.29, 0.717) is 15.6 Å². The summed E-state index contributed by atoms with van der Waals surface area (Å²) in [6.07, 6.45) is 4.33. The second-order valence-corrected chi connectivity index (χ2v) is 2.30. The van der Waals surface area contributed by atoms with Gasteiger partial charge in [0, 0.05) is 17.8 Å². The van der Waals surface area contributed by atoms with Gasteiger partial charge in [-0.05, 0) is 6.07 Å². The molecule has 0 N–H and O–H groups in total. The van der Waals surface area contributed by atoms with Gasteiger partial charge >= 0.3 is 6.55 Å². The first-order valence-electron chi connectivity index (χ1n) is 3.34. The summed E-state index contributed by atoms with van der Waals surface area (Å²) in [6, 6.07) is 1.51. The number of fused-ring (bicyclic) bond motifs is 1. The topological polar surface area (TPSA) is 30.7 Å². The van der Waals surface area contributed by atoms with Crippen LogP contribution in [0.15, 0.2) is 24.7 Å². The van der Waals surface area contributed by atoms with Gasteiger partial charge in [0.05, 0.1) is 11.7 Å². The number of rotatable bonds is 1. The molecule has 0 amide bonds. The molecule has 0 atom stereocenters. The van der Waals surface area contributed by atoms with Crippen molar-refractivity contribution in [2.45, 2.75) is 6.55 Å². The summed E-state index contributed by atoms with van der Waals surface area (Å²) in [6.45, 7) is -2.59. The van der Waals surface area contributed by atoms with Gasteiger partial charge in [0.15, 0.2) is 0 Å². The van der Waals surface area contributed by atoms with E-state index in [0.717, 1.165) is 0 Å². The molecule has 0 spiro atoms. The van der Waals surface area contributed by atoms with Crippen molar-refractivity contribution < 1.29 is 8.78 Å². The summed E-state index contributed by atoms with van der Waals surface area (Å²) in [7, 11) is 0. The predicted octanol–water partition coefficient (Wildman–Crippen LogP) is 1.83. The van der Waals surface area contributed by atoms with Crippen LogP contribution in [0.3, 0.4) is 0 Å². The average molecular weight is 169 g/mol. The van der Waals surface area contributed by atoms with Crippen LogP contribution < -0.4 is 0 Å². The van der Waals surface area contributed by atoms with Crippen LogP contribution in [-0.2, 0) is 0 Å². The average Bonchev–Trinajstić information content (AvgIpc) is 2.47. The number of hydrogen-bond acceptors (Lipinski definition) is 2. The lowest BCUT2D eigenvalue weighted by molar-refractivity contribution is 0.0615. The Balaban J connectivity index is 2.70. The van der Waals surface area contributed by atoms with Gasteiger partial charge < -0.3 is 0 Å². The first kappa shape index (κ1) is 7.15. The molecule has 2 rings (SSSR count). The van der Waals surface area contributed by atoms with Gasteiger partial charge in [0.2, 0.25) is 0 Å². The van der Waals surface area contributed by atoms with Crippen molar-refractivity contribution in [1.29, 1.82) is 0 Å². The molecule has 3 nitrogen and oxygen atoms in total. The molecule has 2 heterocycles. The minimum Gasteiger partial charge on any atom is -0.264 e. The molecule has 0 radical (unpaired) electrons. The highest BCUT2D eigenvalue weighted by molar-refractivity contribution is 5.77. The molecule has 5 heteroatoms. The molecule has 0 aliphatic heterocycles. The van der Waals surface area contributed by atoms with Crippen molar-refractivity contribution in [3.63, 3.8) is 0 Å². The monoisotopic (exact) mass is 169 g/mol. The lowest BCUT2D eigenvalue weighted by atomic mass is 10.3. The number of halogens is 2. The highest BCUT2D eigenvalue weighted by atomic mass is 19.3. The van der Waals surface area contributed by atoms with Gasteiger partial charge in [0.25, 0.3) is 0 Å². The van der Waals surface area contributed by atoms with Gasteiger partial charge in [-0.1, -0.05) is 0 Å². The van der Waals surface area contributed by atoms with E-state index in [-0.39, 0.29) is 0 Å². The van der Waals surface area contributed by atoms with Crippen molar-refractivity contribution >= 4 is 10.9 Å². The predicted molar refractivity (Wildman–Crippen MR) is 38.8 cm³/mol. The van der Waals surface area contributed by atoms with E-state index in [2.05, 4.69) is 10.1 Å². The fraction of sp³-hybridized carbons (Fsp3) is 0.143. The fourth-order valence-electron chi connectivity index (χ4n) is 1.05. The maximum absolute atomic E-state index is 12.2. The van der Waals surface area contributed by atoms with Crippen molar-refractivity contribution in [3.8, 4) is 0 Å². The molecule has 0 saturated carbocycles. The first-order chi connectivity index (χ1) is 5.79. The number of alkyl halides is 2. The quantitative estimate of drug-likeness (QED) is 0.651. The Kier molecular flexibility index (Phi) is 1.49. The van der Waals surface area contributed by atoms with Crippen LogP contribution in [0.1, 0.15) is 6.55 Å². The van der Waals surface area contributed by atoms with Gasteiger partial charge in [-0.2, -0.15) is 13.9 Å². The number of hydrogen-bond donors (Lipinski definition) is 0. The van der Waals surface area contributed by atoms with Crippen molar-refractivity contribution in [2.24, 2.45) is 0 Å². The van der Waals surface area contributed by atoms with Gasteiger partial charge in [-0.15, -0.1) is 0 Å². The SMILES string of the molecule is FC(F)n1ncc2cnccc21. The smallest absolute Gasteiger partial charge is 0.264 e. The summed E-state index contributed by atoms with van der Waals surface area (Å²) in [5, 5.41) is 4.14. The number of pyridine rings is 1. The summed E-state index contributed by atoms with van der Waals surface area (Å²) >= 11 is 0. The zero-order valence-corrected chi connectivity index (χ0v) is 5.98. The van der Waals surface area contributed by atoms with E-state index in [1.54, 1.807) is 0 Å². The molecule has 2 aromatic heterocycles. The molecule has 0 unspecified atom stereocenters. The second kappa shape index (κ2) is 2.51. The van der Waals surface area contributed by atoms with Gasteiger partial charge in [0.1, 0.15) is 0 Å². The van der Waals surface area contributed by atoms with Crippen LogP contribution >= 0.6 is 0 Å². The van der Waals surface area contributed by atoms with Crippen molar-refractivity contribution in [1.82, 2.24) is 14.8 Å². The van der Waals surface area contributed by atoms with Crippen molar-refractivity contribution in [3.05, 3.63) is 24.7 Å². The Morgan fingerprint density at radius 2 is 2.17 bits per heavy atom. The normalized spacial score (nSPS) is 11.2. The fourth-order valence-corrected chi connectivity index (χ4v) is 1.05. The largest absolute Gasteiger partial charge is 0.333 e. The summed E-state index contributed by atoms with van der Waals surface area (Å²) < 4.78 is 25.1. The van der Waals surface area contributed by atoms with Gasteiger partial charge in [-0.25, -0.2) is 4.68 Å². The molecule has 2 aromatic rings. The lowest BCUT2D eigenvalue weighted by Crippen LogP contribution is -1.98. The minimum absolute atomic E-state index is 0.403.